The first-order chi connectivity index (χ1) is 7.11. The molecule has 1 rings (SSSR count). The van der Waals surface area contributed by atoms with E-state index in [1.807, 2.05) is 0 Å². The van der Waals surface area contributed by atoms with Crippen molar-refractivity contribution in [1.82, 2.24) is 4.98 Å². The van der Waals surface area contributed by atoms with E-state index < -0.39 is 23.5 Å². The van der Waals surface area contributed by atoms with Gasteiger partial charge in [0.25, 0.3) is 6.43 Å². The Morgan fingerprint density at radius 3 is 2.53 bits per heavy atom. The van der Waals surface area contributed by atoms with Crippen LogP contribution in [0.2, 0.25) is 0 Å². The lowest BCUT2D eigenvalue weighted by atomic mass is 10.1. The Bertz CT molecular complexity index is 457. The quantitative estimate of drug-likeness (QED) is 0.752. The number of aromatic nitrogens is 1. The number of pyridine rings is 1. The molecule has 0 aliphatic carbocycles. The molecule has 0 aliphatic rings. The Balaban J connectivity index is 3.40. The maximum Gasteiger partial charge on any atom is 0.267 e. The van der Waals surface area contributed by atoms with Crippen LogP contribution in [-0.2, 0) is 6.42 Å². The standard InChI is InChI=1S/C9H4F3N3/c10-8-6(3-14)15-4-5(1-2-13)7(8)9(11)12/h4,9H,1H2. The molecule has 1 heterocycles. The molecule has 0 bridgehead atoms. The van der Waals surface area contributed by atoms with E-state index in [9.17, 15) is 13.2 Å². The van der Waals surface area contributed by atoms with Crippen LogP contribution in [0.1, 0.15) is 23.2 Å². The Labute approximate surface area is 83.4 Å². The zero-order valence-corrected chi connectivity index (χ0v) is 7.34. The lowest BCUT2D eigenvalue weighted by Gasteiger charge is -2.06. The molecule has 0 radical (unpaired) electrons. The van der Waals surface area contributed by atoms with Gasteiger partial charge in [0.15, 0.2) is 11.5 Å². The molecule has 0 atom stereocenters. The van der Waals surface area contributed by atoms with Gasteiger partial charge in [-0.15, -0.1) is 0 Å². The zero-order valence-electron chi connectivity index (χ0n) is 7.34. The summed E-state index contributed by atoms with van der Waals surface area (Å²) in [5.74, 6) is -1.35. The monoisotopic (exact) mass is 211 g/mol. The second-order valence-corrected chi connectivity index (χ2v) is 2.61. The van der Waals surface area contributed by atoms with Crippen LogP contribution >= 0.6 is 0 Å². The van der Waals surface area contributed by atoms with Crippen molar-refractivity contribution in [3.8, 4) is 12.1 Å². The summed E-state index contributed by atoms with van der Waals surface area (Å²) in [6, 6.07) is 2.98. The van der Waals surface area contributed by atoms with Gasteiger partial charge < -0.3 is 0 Å². The minimum atomic E-state index is -3.07. The molecule has 1 aromatic heterocycles. The van der Waals surface area contributed by atoms with Crippen LogP contribution in [0.4, 0.5) is 13.2 Å². The SMILES string of the molecule is N#CCc1cnc(C#N)c(F)c1C(F)F. The van der Waals surface area contributed by atoms with E-state index in [-0.39, 0.29) is 12.0 Å². The Morgan fingerprint density at radius 2 is 2.07 bits per heavy atom. The number of rotatable bonds is 2. The smallest absolute Gasteiger partial charge is 0.242 e. The van der Waals surface area contributed by atoms with Gasteiger partial charge in [0, 0.05) is 6.20 Å². The summed E-state index contributed by atoms with van der Waals surface area (Å²) in [7, 11) is 0. The molecule has 0 aliphatic heterocycles. The summed E-state index contributed by atoms with van der Waals surface area (Å²) in [6.07, 6.45) is -2.51. The predicted octanol–water partition coefficient (Wildman–Crippen LogP) is 2.10. The van der Waals surface area contributed by atoms with Crippen molar-refractivity contribution >= 4 is 0 Å². The molecular weight excluding hydrogens is 207 g/mol. The van der Waals surface area contributed by atoms with Crippen molar-refractivity contribution in [3.63, 3.8) is 0 Å². The maximum atomic E-state index is 13.2. The molecule has 15 heavy (non-hydrogen) atoms. The molecule has 0 saturated heterocycles. The first-order valence-corrected chi connectivity index (χ1v) is 3.84. The third kappa shape index (κ3) is 2.05. The Morgan fingerprint density at radius 1 is 1.40 bits per heavy atom. The topological polar surface area (TPSA) is 60.5 Å². The fraction of sp³-hybridized carbons (Fsp3) is 0.222. The van der Waals surface area contributed by atoms with Gasteiger partial charge in [-0.05, 0) is 5.56 Å². The van der Waals surface area contributed by atoms with Crippen LogP contribution in [0.25, 0.3) is 0 Å². The summed E-state index contributed by atoms with van der Waals surface area (Å²) in [4.78, 5) is 3.34. The summed E-state index contributed by atoms with van der Waals surface area (Å²) in [5, 5.41) is 16.7. The van der Waals surface area contributed by atoms with Gasteiger partial charge in [-0.1, -0.05) is 0 Å². The van der Waals surface area contributed by atoms with Gasteiger partial charge in [0.1, 0.15) is 6.07 Å². The van der Waals surface area contributed by atoms with Crippen LogP contribution in [-0.4, -0.2) is 4.98 Å². The van der Waals surface area contributed by atoms with E-state index in [2.05, 4.69) is 4.98 Å². The van der Waals surface area contributed by atoms with Crippen molar-refractivity contribution in [2.75, 3.05) is 0 Å². The van der Waals surface area contributed by atoms with Gasteiger partial charge in [-0.2, -0.15) is 10.5 Å². The normalized spacial score (nSPS) is 9.73. The maximum absolute atomic E-state index is 13.2. The highest BCUT2D eigenvalue weighted by Gasteiger charge is 2.21. The predicted molar refractivity (Wildman–Crippen MR) is 43.2 cm³/mol. The molecule has 0 unspecified atom stereocenters. The first kappa shape index (κ1) is 11.0. The van der Waals surface area contributed by atoms with Crippen LogP contribution in [0.3, 0.4) is 0 Å². The lowest BCUT2D eigenvalue weighted by molar-refractivity contribution is 0.145. The number of hydrogen-bond donors (Lipinski definition) is 0. The molecule has 0 saturated carbocycles. The molecule has 1 aromatic rings. The molecule has 0 aromatic carbocycles. The number of halogens is 3. The third-order valence-corrected chi connectivity index (χ3v) is 1.73. The largest absolute Gasteiger partial charge is 0.267 e. The number of hydrogen-bond acceptors (Lipinski definition) is 3. The molecule has 0 fully saturated rings. The van der Waals surface area contributed by atoms with E-state index in [1.165, 1.54) is 6.07 Å². The molecule has 0 amide bonds. The van der Waals surface area contributed by atoms with E-state index >= 15 is 0 Å². The second kappa shape index (κ2) is 4.43. The Hall–Kier alpha value is -2.08. The summed E-state index contributed by atoms with van der Waals surface area (Å²) in [5.41, 5.74) is -1.79. The van der Waals surface area contributed by atoms with Gasteiger partial charge in [0.2, 0.25) is 0 Å². The highest BCUT2D eigenvalue weighted by atomic mass is 19.3. The van der Waals surface area contributed by atoms with Crippen molar-refractivity contribution in [1.29, 1.82) is 10.5 Å². The third-order valence-electron chi connectivity index (χ3n) is 1.73. The van der Waals surface area contributed by atoms with Crippen molar-refractivity contribution in [3.05, 3.63) is 28.8 Å². The van der Waals surface area contributed by atoms with Crippen molar-refractivity contribution in [2.24, 2.45) is 0 Å². The van der Waals surface area contributed by atoms with Crippen LogP contribution in [0, 0.1) is 28.5 Å². The zero-order chi connectivity index (χ0) is 11.4. The lowest BCUT2D eigenvalue weighted by Crippen LogP contribution is -2.03. The molecule has 3 nitrogen and oxygen atoms in total. The molecule has 0 spiro atoms. The van der Waals surface area contributed by atoms with Gasteiger partial charge in [-0.3, -0.25) is 0 Å². The van der Waals surface area contributed by atoms with Gasteiger partial charge in [-0.25, -0.2) is 18.2 Å². The van der Waals surface area contributed by atoms with Crippen LogP contribution < -0.4 is 0 Å². The average Bonchev–Trinajstić information content (AvgIpc) is 2.18. The molecule has 6 heteroatoms. The number of nitrogens with zero attached hydrogens (tertiary/aromatic N) is 3. The van der Waals surface area contributed by atoms with Crippen molar-refractivity contribution < 1.29 is 13.2 Å². The van der Waals surface area contributed by atoms with E-state index in [4.69, 9.17) is 10.5 Å². The van der Waals surface area contributed by atoms with Crippen LogP contribution in [0.15, 0.2) is 6.20 Å². The molecule has 76 valence electrons. The minimum Gasteiger partial charge on any atom is -0.242 e. The summed E-state index contributed by atoms with van der Waals surface area (Å²) in [6.45, 7) is 0. The fourth-order valence-electron chi connectivity index (χ4n) is 1.08. The van der Waals surface area contributed by atoms with E-state index in [0.29, 0.717) is 0 Å². The fourth-order valence-corrected chi connectivity index (χ4v) is 1.08. The minimum absolute atomic E-state index is 0.191. The van der Waals surface area contributed by atoms with Crippen molar-refractivity contribution in [2.45, 2.75) is 12.8 Å². The number of nitriles is 2. The van der Waals surface area contributed by atoms with E-state index in [1.54, 1.807) is 6.07 Å². The average molecular weight is 211 g/mol. The summed E-state index contributed by atoms with van der Waals surface area (Å²) >= 11 is 0. The highest BCUT2D eigenvalue weighted by Crippen LogP contribution is 2.26. The van der Waals surface area contributed by atoms with Gasteiger partial charge >= 0.3 is 0 Å². The second-order valence-electron chi connectivity index (χ2n) is 2.61. The van der Waals surface area contributed by atoms with Gasteiger partial charge in [0.05, 0.1) is 18.1 Å². The molecule has 0 N–H and O–H groups in total. The van der Waals surface area contributed by atoms with E-state index in [0.717, 1.165) is 6.20 Å². The highest BCUT2D eigenvalue weighted by molar-refractivity contribution is 5.36. The Kier molecular flexibility index (Phi) is 3.25. The number of alkyl halides is 2. The van der Waals surface area contributed by atoms with Crippen LogP contribution in [0.5, 0.6) is 0 Å². The summed E-state index contributed by atoms with van der Waals surface area (Å²) < 4.78 is 38.1. The first-order valence-electron chi connectivity index (χ1n) is 3.84. The molecular formula is C9H4F3N3.